The maximum Gasteiger partial charge on any atom is 0.162 e. The van der Waals surface area contributed by atoms with E-state index in [0.29, 0.717) is 12.0 Å². The van der Waals surface area contributed by atoms with Crippen molar-refractivity contribution >= 4 is 0 Å². The highest BCUT2D eigenvalue weighted by Crippen LogP contribution is 2.21. The third-order valence-electron chi connectivity index (χ3n) is 3.42. The molecule has 0 amide bonds. The van der Waals surface area contributed by atoms with E-state index in [-0.39, 0.29) is 6.04 Å². The van der Waals surface area contributed by atoms with E-state index >= 15 is 0 Å². The lowest BCUT2D eigenvalue weighted by atomic mass is 9.97. The van der Waals surface area contributed by atoms with Crippen LogP contribution in [0.2, 0.25) is 0 Å². The first kappa shape index (κ1) is 14.6. The first-order chi connectivity index (χ1) is 9.65. The zero-order chi connectivity index (χ0) is 14.5. The second-order valence-electron chi connectivity index (χ2n) is 4.73. The molecule has 0 aliphatic rings. The van der Waals surface area contributed by atoms with Crippen LogP contribution in [0, 0.1) is 11.6 Å². The Hall–Kier alpha value is -1.78. The van der Waals surface area contributed by atoms with Crippen molar-refractivity contribution < 1.29 is 8.78 Å². The molecule has 20 heavy (non-hydrogen) atoms. The van der Waals surface area contributed by atoms with Gasteiger partial charge in [0.1, 0.15) is 0 Å². The fourth-order valence-electron chi connectivity index (χ4n) is 2.23. The van der Waals surface area contributed by atoms with Crippen molar-refractivity contribution in [3.05, 3.63) is 70.8 Å². The summed E-state index contributed by atoms with van der Waals surface area (Å²) in [4.78, 5) is 0. The fourth-order valence-corrected chi connectivity index (χ4v) is 2.23. The maximum atomic E-state index is 13.7. The predicted molar refractivity (Wildman–Crippen MR) is 75.9 cm³/mol. The molecular formula is C16H18F2N2. The minimum Gasteiger partial charge on any atom is -0.271 e. The molecule has 0 spiro atoms. The number of hydrogen-bond donors (Lipinski definition) is 2. The summed E-state index contributed by atoms with van der Waals surface area (Å²) < 4.78 is 26.9. The van der Waals surface area contributed by atoms with E-state index in [4.69, 9.17) is 5.84 Å². The first-order valence-electron chi connectivity index (χ1n) is 6.63. The van der Waals surface area contributed by atoms with Gasteiger partial charge in [-0.2, -0.15) is 0 Å². The molecule has 0 aromatic heterocycles. The Labute approximate surface area is 117 Å². The molecule has 2 nitrogen and oxygen atoms in total. The average Bonchev–Trinajstić information content (AvgIpc) is 2.49. The lowest BCUT2D eigenvalue weighted by molar-refractivity contribution is 0.481. The smallest absolute Gasteiger partial charge is 0.162 e. The number of nitrogens with one attached hydrogen (secondary N) is 1. The number of hydrazine groups is 1. The van der Waals surface area contributed by atoms with Gasteiger partial charge in [-0.15, -0.1) is 0 Å². The summed E-state index contributed by atoms with van der Waals surface area (Å²) in [6.45, 7) is 2.07. The summed E-state index contributed by atoms with van der Waals surface area (Å²) in [5, 5.41) is 0. The van der Waals surface area contributed by atoms with Gasteiger partial charge in [-0.1, -0.05) is 43.3 Å². The molecule has 3 N–H and O–H groups in total. The van der Waals surface area contributed by atoms with E-state index < -0.39 is 11.6 Å². The summed E-state index contributed by atoms with van der Waals surface area (Å²) in [5.74, 6) is 3.93. The number of hydrogen-bond acceptors (Lipinski definition) is 2. The number of halogens is 2. The van der Waals surface area contributed by atoms with E-state index in [0.717, 1.165) is 18.1 Å². The Kier molecular flexibility index (Phi) is 4.82. The van der Waals surface area contributed by atoms with Crippen LogP contribution in [0.15, 0.2) is 42.5 Å². The standard InChI is InChI=1S/C16H18F2N2/c1-2-11-5-3-6-12(9-11)15(20-19)10-13-7-4-8-14(17)16(13)18/h3-9,15,20H,2,10,19H2,1H3. The molecular weight excluding hydrogens is 258 g/mol. The van der Waals surface area contributed by atoms with Crippen LogP contribution in [-0.4, -0.2) is 0 Å². The van der Waals surface area contributed by atoms with Crippen molar-refractivity contribution in [1.82, 2.24) is 5.43 Å². The van der Waals surface area contributed by atoms with E-state index in [1.54, 1.807) is 6.07 Å². The molecule has 2 aromatic rings. The van der Waals surface area contributed by atoms with E-state index in [9.17, 15) is 8.78 Å². The van der Waals surface area contributed by atoms with Crippen LogP contribution < -0.4 is 11.3 Å². The predicted octanol–water partition coefficient (Wildman–Crippen LogP) is 3.27. The highest BCUT2D eigenvalue weighted by molar-refractivity contribution is 5.29. The van der Waals surface area contributed by atoms with Gasteiger partial charge in [0.25, 0.3) is 0 Å². The van der Waals surface area contributed by atoms with Crippen molar-refractivity contribution in [2.45, 2.75) is 25.8 Å². The van der Waals surface area contributed by atoms with Gasteiger partial charge in [0, 0.05) is 0 Å². The van der Waals surface area contributed by atoms with Crippen LogP contribution in [0.5, 0.6) is 0 Å². The third kappa shape index (κ3) is 3.21. The van der Waals surface area contributed by atoms with E-state index in [1.165, 1.54) is 11.6 Å². The molecule has 0 aliphatic heterocycles. The molecule has 0 fully saturated rings. The lowest BCUT2D eigenvalue weighted by Gasteiger charge is -2.17. The summed E-state index contributed by atoms with van der Waals surface area (Å²) in [6, 6.07) is 11.9. The Bertz CT molecular complexity index is 584. The quantitative estimate of drug-likeness (QED) is 0.649. The summed E-state index contributed by atoms with van der Waals surface area (Å²) >= 11 is 0. The van der Waals surface area contributed by atoms with Gasteiger partial charge in [-0.05, 0) is 35.6 Å². The minimum absolute atomic E-state index is 0.252. The molecule has 2 aromatic carbocycles. The van der Waals surface area contributed by atoms with Gasteiger partial charge in [-0.25, -0.2) is 8.78 Å². The largest absolute Gasteiger partial charge is 0.271 e. The van der Waals surface area contributed by atoms with Gasteiger partial charge < -0.3 is 0 Å². The lowest BCUT2D eigenvalue weighted by Crippen LogP contribution is -2.30. The monoisotopic (exact) mass is 276 g/mol. The highest BCUT2D eigenvalue weighted by Gasteiger charge is 2.15. The molecule has 0 aliphatic carbocycles. The van der Waals surface area contributed by atoms with Crippen molar-refractivity contribution in [2.75, 3.05) is 0 Å². The number of aryl methyl sites for hydroxylation is 1. The Morgan fingerprint density at radius 2 is 1.90 bits per heavy atom. The molecule has 1 atom stereocenters. The average molecular weight is 276 g/mol. The molecule has 2 rings (SSSR count). The van der Waals surface area contributed by atoms with Crippen LogP contribution in [0.1, 0.15) is 29.7 Å². The maximum absolute atomic E-state index is 13.7. The van der Waals surface area contributed by atoms with Gasteiger partial charge >= 0.3 is 0 Å². The van der Waals surface area contributed by atoms with Gasteiger partial charge in [0.15, 0.2) is 11.6 Å². The Morgan fingerprint density at radius 3 is 2.60 bits per heavy atom. The van der Waals surface area contributed by atoms with E-state index in [1.807, 2.05) is 24.3 Å². The SMILES string of the molecule is CCc1cccc(C(Cc2cccc(F)c2F)NN)c1. The van der Waals surface area contributed by atoms with Gasteiger partial charge in [0.05, 0.1) is 6.04 Å². The van der Waals surface area contributed by atoms with Crippen LogP contribution in [0.4, 0.5) is 8.78 Å². The molecule has 0 radical (unpaired) electrons. The van der Waals surface area contributed by atoms with Crippen molar-refractivity contribution in [1.29, 1.82) is 0 Å². The fraction of sp³-hybridized carbons (Fsp3) is 0.250. The second kappa shape index (κ2) is 6.59. The zero-order valence-corrected chi connectivity index (χ0v) is 11.4. The normalized spacial score (nSPS) is 12.4. The minimum atomic E-state index is -0.833. The second-order valence-corrected chi connectivity index (χ2v) is 4.73. The topological polar surface area (TPSA) is 38.0 Å². The zero-order valence-electron chi connectivity index (χ0n) is 11.4. The van der Waals surface area contributed by atoms with E-state index in [2.05, 4.69) is 12.3 Å². The van der Waals surface area contributed by atoms with Crippen LogP contribution >= 0.6 is 0 Å². The van der Waals surface area contributed by atoms with Crippen LogP contribution in [-0.2, 0) is 12.8 Å². The number of benzene rings is 2. The summed E-state index contributed by atoms with van der Waals surface area (Å²) in [5.41, 5.74) is 5.14. The summed E-state index contributed by atoms with van der Waals surface area (Å²) in [6.07, 6.45) is 1.21. The number of rotatable bonds is 5. The van der Waals surface area contributed by atoms with Gasteiger partial charge in [-0.3, -0.25) is 11.3 Å². The highest BCUT2D eigenvalue weighted by atomic mass is 19.2. The first-order valence-corrected chi connectivity index (χ1v) is 6.63. The molecule has 0 heterocycles. The van der Waals surface area contributed by atoms with Crippen LogP contribution in [0.25, 0.3) is 0 Å². The molecule has 4 heteroatoms. The molecule has 0 saturated heterocycles. The summed E-state index contributed by atoms with van der Waals surface area (Å²) in [7, 11) is 0. The Morgan fingerprint density at radius 1 is 1.15 bits per heavy atom. The van der Waals surface area contributed by atoms with Crippen LogP contribution in [0.3, 0.4) is 0 Å². The van der Waals surface area contributed by atoms with Gasteiger partial charge in [0.2, 0.25) is 0 Å². The molecule has 0 saturated carbocycles. The number of nitrogens with two attached hydrogens (primary N) is 1. The Balaban J connectivity index is 2.26. The van der Waals surface area contributed by atoms with Crippen molar-refractivity contribution in [2.24, 2.45) is 5.84 Å². The molecule has 0 bridgehead atoms. The van der Waals surface area contributed by atoms with Crippen molar-refractivity contribution in [3.8, 4) is 0 Å². The molecule has 106 valence electrons. The van der Waals surface area contributed by atoms with Crippen molar-refractivity contribution in [3.63, 3.8) is 0 Å². The third-order valence-corrected chi connectivity index (χ3v) is 3.42. The molecule has 1 unspecified atom stereocenters.